The van der Waals surface area contributed by atoms with E-state index in [1.165, 1.54) is 11.1 Å². The molecule has 84 valence electrons. The van der Waals surface area contributed by atoms with Crippen LogP contribution in [0.1, 0.15) is 29.9 Å². The van der Waals surface area contributed by atoms with Gasteiger partial charge in [-0.15, -0.1) is 0 Å². The van der Waals surface area contributed by atoms with Crippen LogP contribution < -0.4 is 4.74 Å². The van der Waals surface area contributed by atoms with Crippen molar-refractivity contribution in [2.75, 3.05) is 13.7 Å². The van der Waals surface area contributed by atoms with Crippen molar-refractivity contribution in [3.05, 3.63) is 39.8 Å². The molecule has 0 N–H and O–H groups in total. The summed E-state index contributed by atoms with van der Waals surface area (Å²) in [5, 5.41) is 3.69. The molecule has 0 amide bonds. The van der Waals surface area contributed by atoms with Crippen LogP contribution in [0.25, 0.3) is 10.4 Å². The fourth-order valence-electron chi connectivity index (χ4n) is 2.43. The first-order valence-electron chi connectivity index (χ1n) is 5.53. The monoisotopic (exact) mass is 217 g/mol. The van der Waals surface area contributed by atoms with E-state index in [0.717, 1.165) is 25.0 Å². The molecular weight excluding hydrogens is 202 g/mol. The zero-order valence-electron chi connectivity index (χ0n) is 9.39. The molecule has 2 rings (SSSR count). The molecule has 1 aliphatic rings. The van der Waals surface area contributed by atoms with Crippen LogP contribution >= 0.6 is 0 Å². The first-order valence-corrected chi connectivity index (χ1v) is 5.53. The van der Waals surface area contributed by atoms with Crippen LogP contribution in [0.5, 0.6) is 5.75 Å². The van der Waals surface area contributed by atoms with Gasteiger partial charge >= 0.3 is 0 Å². The fourth-order valence-corrected chi connectivity index (χ4v) is 2.43. The van der Waals surface area contributed by atoms with Gasteiger partial charge in [-0.05, 0) is 47.9 Å². The number of azide groups is 1. The van der Waals surface area contributed by atoms with Crippen LogP contribution in [-0.2, 0) is 6.42 Å². The van der Waals surface area contributed by atoms with Gasteiger partial charge in [-0.3, -0.25) is 0 Å². The topological polar surface area (TPSA) is 58.0 Å². The van der Waals surface area contributed by atoms with Crippen LogP contribution in [0.15, 0.2) is 23.3 Å². The van der Waals surface area contributed by atoms with Crippen molar-refractivity contribution in [2.24, 2.45) is 5.11 Å². The Balaban J connectivity index is 2.34. The van der Waals surface area contributed by atoms with Crippen LogP contribution in [0.2, 0.25) is 0 Å². The van der Waals surface area contributed by atoms with Crippen LogP contribution in [0, 0.1) is 0 Å². The highest BCUT2D eigenvalue weighted by molar-refractivity contribution is 5.43. The number of benzene rings is 1. The molecule has 0 aliphatic heterocycles. The molecule has 1 aliphatic carbocycles. The lowest BCUT2D eigenvalue weighted by atomic mass is 9.82. The van der Waals surface area contributed by atoms with E-state index >= 15 is 0 Å². The molecule has 0 fully saturated rings. The van der Waals surface area contributed by atoms with Gasteiger partial charge in [0.15, 0.2) is 0 Å². The van der Waals surface area contributed by atoms with E-state index in [4.69, 9.17) is 10.3 Å². The van der Waals surface area contributed by atoms with Gasteiger partial charge in [0.2, 0.25) is 0 Å². The van der Waals surface area contributed by atoms with Gasteiger partial charge in [-0.2, -0.15) is 0 Å². The van der Waals surface area contributed by atoms with Gasteiger partial charge in [0.1, 0.15) is 5.75 Å². The van der Waals surface area contributed by atoms with Gasteiger partial charge in [0.25, 0.3) is 0 Å². The second kappa shape index (κ2) is 4.90. The summed E-state index contributed by atoms with van der Waals surface area (Å²) >= 11 is 0. The summed E-state index contributed by atoms with van der Waals surface area (Å²) in [7, 11) is 1.70. The second-order valence-electron chi connectivity index (χ2n) is 4.03. The zero-order valence-corrected chi connectivity index (χ0v) is 9.39. The van der Waals surface area contributed by atoms with E-state index in [2.05, 4.69) is 16.1 Å². The third-order valence-corrected chi connectivity index (χ3v) is 3.17. The zero-order chi connectivity index (χ0) is 11.4. The summed E-state index contributed by atoms with van der Waals surface area (Å²) < 4.78 is 5.36. The molecule has 4 nitrogen and oxygen atoms in total. The number of ether oxygens (including phenoxy) is 1. The predicted molar refractivity (Wildman–Crippen MR) is 62.7 cm³/mol. The van der Waals surface area contributed by atoms with Crippen molar-refractivity contribution >= 4 is 0 Å². The summed E-state index contributed by atoms with van der Waals surface area (Å²) in [5.41, 5.74) is 11.0. The van der Waals surface area contributed by atoms with Crippen molar-refractivity contribution in [1.82, 2.24) is 0 Å². The maximum Gasteiger partial charge on any atom is 0.122 e. The fraction of sp³-hybridized carbons (Fsp3) is 0.500. The quantitative estimate of drug-likeness (QED) is 0.434. The Morgan fingerprint density at radius 2 is 2.44 bits per heavy atom. The molecule has 0 aromatic heterocycles. The van der Waals surface area contributed by atoms with E-state index in [9.17, 15) is 0 Å². The molecule has 1 aromatic carbocycles. The molecule has 0 bridgehead atoms. The average Bonchev–Trinajstić information content (AvgIpc) is 2.35. The van der Waals surface area contributed by atoms with E-state index < -0.39 is 0 Å². The highest BCUT2D eigenvalue weighted by Gasteiger charge is 2.21. The van der Waals surface area contributed by atoms with Gasteiger partial charge in [-0.1, -0.05) is 17.2 Å². The summed E-state index contributed by atoms with van der Waals surface area (Å²) in [6.07, 6.45) is 3.30. The van der Waals surface area contributed by atoms with E-state index in [1.807, 2.05) is 12.1 Å². The lowest BCUT2D eigenvalue weighted by molar-refractivity contribution is 0.403. The molecular formula is C12H15N3O. The van der Waals surface area contributed by atoms with Crippen molar-refractivity contribution in [3.8, 4) is 5.75 Å². The van der Waals surface area contributed by atoms with Crippen molar-refractivity contribution in [3.63, 3.8) is 0 Å². The lowest BCUT2D eigenvalue weighted by Crippen LogP contribution is -2.13. The summed E-state index contributed by atoms with van der Waals surface area (Å²) in [6.45, 7) is 0.552. The van der Waals surface area contributed by atoms with Crippen LogP contribution in [-0.4, -0.2) is 13.7 Å². The molecule has 1 aromatic rings. The first-order chi connectivity index (χ1) is 7.86. The summed E-state index contributed by atoms with van der Waals surface area (Å²) in [5.74, 6) is 1.32. The summed E-state index contributed by atoms with van der Waals surface area (Å²) in [6, 6.07) is 6.12. The molecule has 0 heterocycles. The predicted octanol–water partition coefficient (Wildman–Crippen LogP) is 3.43. The number of methoxy groups -OCH3 is 1. The largest absolute Gasteiger partial charge is 0.496 e. The molecule has 0 saturated carbocycles. The molecule has 4 heteroatoms. The normalized spacial score (nSPS) is 18.4. The van der Waals surface area contributed by atoms with E-state index in [-0.39, 0.29) is 0 Å². The van der Waals surface area contributed by atoms with Crippen LogP contribution in [0.3, 0.4) is 0 Å². The van der Waals surface area contributed by atoms with Crippen LogP contribution in [0.4, 0.5) is 0 Å². The minimum atomic E-state index is 0.356. The maximum atomic E-state index is 8.38. The average molecular weight is 217 g/mol. The van der Waals surface area contributed by atoms with Gasteiger partial charge in [-0.25, -0.2) is 0 Å². The molecule has 0 spiro atoms. The Hall–Kier alpha value is -1.67. The Kier molecular flexibility index (Phi) is 3.32. The third-order valence-electron chi connectivity index (χ3n) is 3.17. The Labute approximate surface area is 94.9 Å². The molecule has 16 heavy (non-hydrogen) atoms. The number of nitrogens with zero attached hydrogens (tertiary/aromatic N) is 3. The molecule has 1 unspecified atom stereocenters. The van der Waals surface area contributed by atoms with Gasteiger partial charge in [0, 0.05) is 11.5 Å². The Bertz CT molecular complexity index is 424. The number of rotatable bonds is 3. The van der Waals surface area contributed by atoms with Gasteiger partial charge < -0.3 is 4.74 Å². The van der Waals surface area contributed by atoms with Crippen molar-refractivity contribution < 1.29 is 4.74 Å². The Morgan fingerprint density at radius 3 is 3.19 bits per heavy atom. The van der Waals surface area contributed by atoms with Gasteiger partial charge in [0.05, 0.1) is 7.11 Å². The second-order valence-corrected chi connectivity index (χ2v) is 4.03. The summed E-state index contributed by atoms with van der Waals surface area (Å²) in [4.78, 5) is 2.84. The maximum absolute atomic E-state index is 8.38. The minimum Gasteiger partial charge on any atom is -0.496 e. The SMILES string of the molecule is COc1cccc2c1CCCC2CN=[N+]=[N-]. The van der Waals surface area contributed by atoms with E-state index in [0.29, 0.717) is 12.5 Å². The number of fused-ring (bicyclic) bond motifs is 1. The van der Waals surface area contributed by atoms with Crippen molar-refractivity contribution in [1.29, 1.82) is 0 Å². The third kappa shape index (κ3) is 1.97. The highest BCUT2D eigenvalue weighted by atomic mass is 16.5. The Morgan fingerprint density at radius 1 is 1.56 bits per heavy atom. The lowest BCUT2D eigenvalue weighted by Gasteiger charge is -2.25. The minimum absolute atomic E-state index is 0.356. The molecule has 0 radical (unpaired) electrons. The molecule has 0 saturated heterocycles. The number of hydrogen-bond donors (Lipinski definition) is 0. The van der Waals surface area contributed by atoms with E-state index in [1.54, 1.807) is 7.11 Å². The number of hydrogen-bond acceptors (Lipinski definition) is 2. The van der Waals surface area contributed by atoms with Crippen molar-refractivity contribution in [2.45, 2.75) is 25.2 Å². The smallest absolute Gasteiger partial charge is 0.122 e. The molecule has 1 atom stereocenters. The first kappa shape index (κ1) is 10.8. The standard InChI is InChI=1S/C12H15N3O/c1-16-12-7-3-5-10-9(8-14-15-13)4-2-6-11(10)12/h3,5,7,9H,2,4,6,8H2,1H3. The highest BCUT2D eigenvalue weighted by Crippen LogP contribution is 2.36.